The minimum Gasteiger partial charge on any atom is -0.365 e. The lowest BCUT2D eigenvalue weighted by Crippen LogP contribution is -2.03. The first-order chi connectivity index (χ1) is 13.1. The molecule has 2 heterocycles. The summed E-state index contributed by atoms with van der Waals surface area (Å²) in [4.78, 5) is 4.56. The minimum atomic E-state index is -0.219. The number of rotatable bonds is 5. The Morgan fingerprint density at radius 1 is 0.926 bits per heavy atom. The van der Waals surface area contributed by atoms with Crippen LogP contribution in [0.15, 0.2) is 66.9 Å². The molecule has 0 fully saturated rings. The third-order valence-electron chi connectivity index (χ3n) is 5.10. The van der Waals surface area contributed by atoms with Gasteiger partial charge in [-0.05, 0) is 48.7 Å². The van der Waals surface area contributed by atoms with E-state index in [0.717, 1.165) is 23.3 Å². The Labute approximate surface area is 158 Å². The van der Waals surface area contributed by atoms with Crippen molar-refractivity contribution >= 4 is 16.7 Å². The molecule has 0 aliphatic carbocycles. The van der Waals surface area contributed by atoms with Gasteiger partial charge in [0.1, 0.15) is 11.6 Å². The minimum absolute atomic E-state index is 0.219. The van der Waals surface area contributed by atoms with Crippen LogP contribution in [0.4, 0.5) is 10.2 Å². The first-order valence-electron chi connectivity index (χ1n) is 9.10. The molecule has 2 aromatic carbocycles. The molecule has 136 valence electrons. The van der Waals surface area contributed by atoms with E-state index in [4.69, 9.17) is 0 Å². The molecule has 0 saturated carbocycles. The number of benzene rings is 2. The number of aryl methyl sites for hydroxylation is 1. The summed E-state index contributed by atoms with van der Waals surface area (Å²) in [5.41, 5.74) is 5.94. The Hall–Kier alpha value is -3.14. The Bertz CT molecular complexity index is 1070. The van der Waals surface area contributed by atoms with Crippen LogP contribution in [0, 0.1) is 19.7 Å². The summed E-state index contributed by atoms with van der Waals surface area (Å²) in [6.45, 7) is 5.74. The van der Waals surface area contributed by atoms with E-state index in [2.05, 4.69) is 59.0 Å². The Morgan fingerprint density at radius 2 is 1.67 bits per heavy atom. The van der Waals surface area contributed by atoms with E-state index in [0.29, 0.717) is 6.54 Å². The van der Waals surface area contributed by atoms with Gasteiger partial charge >= 0.3 is 0 Å². The number of pyridine rings is 1. The molecule has 1 N–H and O–H groups in total. The zero-order valence-corrected chi connectivity index (χ0v) is 15.5. The molecule has 2 aromatic heterocycles. The Morgan fingerprint density at radius 3 is 2.41 bits per heavy atom. The molecule has 0 bridgehead atoms. The maximum Gasteiger partial charge on any atom is 0.135 e. The highest BCUT2D eigenvalue weighted by Crippen LogP contribution is 2.31. The lowest BCUT2D eigenvalue weighted by molar-refractivity contribution is 0.627. The van der Waals surface area contributed by atoms with Crippen molar-refractivity contribution in [1.29, 1.82) is 0 Å². The summed E-state index contributed by atoms with van der Waals surface area (Å²) in [5.74, 6) is 0.646. The normalized spacial score (nSPS) is 11.1. The van der Waals surface area contributed by atoms with Crippen LogP contribution in [0.2, 0.25) is 0 Å². The smallest absolute Gasteiger partial charge is 0.135 e. The van der Waals surface area contributed by atoms with Crippen molar-refractivity contribution in [3.63, 3.8) is 0 Å². The summed E-state index contributed by atoms with van der Waals surface area (Å²) < 4.78 is 15.4. The average molecular weight is 359 g/mol. The number of hydrogen-bond donors (Lipinski definition) is 1. The highest BCUT2D eigenvalue weighted by atomic mass is 19.1. The molecule has 3 nitrogen and oxygen atoms in total. The summed E-state index contributed by atoms with van der Waals surface area (Å²) in [5, 5.41) is 4.57. The van der Waals surface area contributed by atoms with E-state index in [-0.39, 0.29) is 5.82 Å². The van der Waals surface area contributed by atoms with Gasteiger partial charge in [-0.25, -0.2) is 9.37 Å². The third kappa shape index (κ3) is 3.43. The van der Waals surface area contributed by atoms with Crippen LogP contribution in [-0.2, 0) is 13.1 Å². The fraction of sp³-hybridized carbons (Fsp3) is 0.174. The molecule has 0 atom stereocenters. The van der Waals surface area contributed by atoms with Gasteiger partial charge in [-0.2, -0.15) is 0 Å². The molecule has 0 aliphatic rings. The molecular formula is C23H22FN3. The van der Waals surface area contributed by atoms with E-state index in [1.54, 1.807) is 12.1 Å². The van der Waals surface area contributed by atoms with Crippen LogP contribution in [-0.4, -0.2) is 9.55 Å². The first-order valence-corrected chi connectivity index (χ1v) is 9.10. The van der Waals surface area contributed by atoms with E-state index in [1.165, 1.54) is 34.5 Å². The van der Waals surface area contributed by atoms with Gasteiger partial charge in [0.05, 0.1) is 5.52 Å². The lowest BCUT2D eigenvalue weighted by Gasteiger charge is -2.10. The van der Waals surface area contributed by atoms with Gasteiger partial charge in [0, 0.05) is 30.4 Å². The van der Waals surface area contributed by atoms with Crippen LogP contribution < -0.4 is 5.32 Å². The third-order valence-corrected chi connectivity index (χ3v) is 5.10. The van der Waals surface area contributed by atoms with Crippen LogP contribution >= 0.6 is 0 Å². The number of aromatic nitrogens is 2. The molecule has 0 aliphatic heterocycles. The second kappa shape index (κ2) is 7.23. The molecule has 0 saturated heterocycles. The second-order valence-corrected chi connectivity index (χ2v) is 6.82. The monoisotopic (exact) mass is 359 g/mol. The highest BCUT2D eigenvalue weighted by Gasteiger charge is 2.15. The second-order valence-electron chi connectivity index (χ2n) is 6.82. The zero-order chi connectivity index (χ0) is 18.8. The van der Waals surface area contributed by atoms with Gasteiger partial charge in [0.25, 0.3) is 0 Å². The SMILES string of the molecule is Cc1c(C)n(Cc2ccccc2)c2ccnc(NCc3ccc(F)cc3)c12. The Balaban J connectivity index is 1.68. The van der Waals surface area contributed by atoms with E-state index >= 15 is 0 Å². The van der Waals surface area contributed by atoms with Gasteiger partial charge in [-0.1, -0.05) is 42.5 Å². The van der Waals surface area contributed by atoms with Gasteiger partial charge in [-0.3, -0.25) is 0 Å². The van der Waals surface area contributed by atoms with Gasteiger partial charge in [0.2, 0.25) is 0 Å². The number of anilines is 1. The highest BCUT2D eigenvalue weighted by molar-refractivity contribution is 5.94. The molecule has 0 radical (unpaired) electrons. The lowest BCUT2D eigenvalue weighted by atomic mass is 10.1. The van der Waals surface area contributed by atoms with Crippen LogP contribution in [0.3, 0.4) is 0 Å². The van der Waals surface area contributed by atoms with E-state index < -0.39 is 0 Å². The van der Waals surface area contributed by atoms with Crippen molar-refractivity contribution in [1.82, 2.24) is 9.55 Å². The number of nitrogens with one attached hydrogen (secondary N) is 1. The molecule has 0 unspecified atom stereocenters. The fourth-order valence-corrected chi connectivity index (χ4v) is 3.50. The Kier molecular flexibility index (Phi) is 4.63. The van der Waals surface area contributed by atoms with Gasteiger partial charge < -0.3 is 9.88 Å². The van der Waals surface area contributed by atoms with Crippen molar-refractivity contribution in [2.24, 2.45) is 0 Å². The molecule has 27 heavy (non-hydrogen) atoms. The molecule has 4 rings (SSSR count). The predicted octanol–water partition coefficient (Wildman–Crippen LogP) is 5.45. The maximum atomic E-state index is 13.1. The number of fused-ring (bicyclic) bond motifs is 1. The van der Waals surface area contributed by atoms with Crippen LogP contribution in [0.25, 0.3) is 10.9 Å². The van der Waals surface area contributed by atoms with Crippen molar-refractivity contribution in [3.05, 3.63) is 95.1 Å². The quantitative estimate of drug-likeness (QED) is 0.513. The molecule has 0 amide bonds. The molecule has 4 aromatic rings. The summed E-state index contributed by atoms with van der Waals surface area (Å²) in [6, 6.07) is 19.1. The molecule has 0 spiro atoms. The summed E-state index contributed by atoms with van der Waals surface area (Å²) in [6.07, 6.45) is 1.84. The van der Waals surface area contributed by atoms with Crippen LogP contribution in [0.5, 0.6) is 0 Å². The van der Waals surface area contributed by atoms with Crippen molar-refractivity contribution in [2.75, 3.05) is 5.32 Å². The number of halogens is 1. The summed E-state index contributed by atoms with van der Waals surface area (Å²) in [7, 11) is 0. The fourth-order valence-electron chi connectivity index (χ4n) is 3.50. The van der Waals surface area contributed by atoms with Gasteiger partial charge in [-0.15, -0.1) is 0 Å². The summed E-state index contributed by atoms with van der Waals surface area (Å²) >= 11 is 0. The van der Waals surface area contributed by atoms with E-state index in [9.17, 15) is 4.39 Å². The zero-order valence-electron chi connectivity index (χ0n) is 15.5. The van der Waals surface area contributed by atoms with Crippen molar-refractivity contribution in [3.8, 4) is 0 Å². The number of hydrogen-bond acceptors (Lipinski definition) is 2. The standard InChI is InChI=1S/C23H22FN3/c1-16-17(2)27(15-19-6-4-3-5-7-19)21-12-13-25-23(22(16)21)26-14-18-8-10-20(24)11-9-18/h3-13H,14-15H2,1-2H3,(H,25,26). The van der Waals surface area contributed by atoms with E-state index in [1.807, 2.05) is 12.3 Å². The topological polar surface area (TPSA) is 29.9 Å². The molecular weight excluding hydrogens is 337 g/mol. The predicted molar refractivity (Wildman–Crippen MR) is 108 cm³/mol. The average Bonchev–Trinajstić information content (AvgIpc) is 2.94. The van der Waals surface area contributed by atoms with Crippen molar-refractivity contribution < 1.29 is 4.39 Å². The van der Waals surface area contributed by atoms with Gasteiger partial charge in [0.15, 0.2) is 0 Å². The van der Waals surface area contributed by atoms with Crippen molar-refractivity contribution in [2.45, 2.75) is 26.9 Å². The molecule has 4 heteroatoms. The first kappa shape index (κ1) is 17.3. The largest absolute Gasteiger partial charge is 0.365 e. The van der Waals surface area contributed by atoms with Crippen LogP contribution in [0.1, 0.15) is 22.4 Å². The maximum absolute atomic E-state index is 13.1. The number of nitrogens with zero attached hydrogens (tertiary/aromatic N) is 2.